The molecule has 6 heteroatoms. The van der Waals surface area contributed by atoms with Crippen molar-refractivity contribution in [1.29, 1.82) is 0 Å². The Balaban J connectivity index is 2.11. The standard InChI is InChI=1S/C15H19F2NO3/c1-9-3-2-4-15(21,7-9)8-18-13-11(16)5-10(14(19)20)6-12(13)17/h5-6,9,18,21H,2-4,7-8H2,1H3,(H,19,20). The van der Waals surface area contributed by atoms with Crippen LogP contribution in [0.5, 0.6) is 0 Å². The van der Waals surface area contributed by atoms with Crippen molar-refractivity contribution in [3.63, 3.8) is 0 Å². The lowest BCUT2D eigenvalue weighted by atomic mass is 9.79. The fourth-order valence-electron chi connectivity index (χ4n) is 2.91. The van der Waals surface area contributed by atoms with Crippen LogP contribution in [-0.2, 0) is 0 Å². The minimum absolute atomic E-state index is 0.0393. The smallest absolute Gasteiger partial charge is 0.335 e. The van der Waals surface area contributed by atoms with Crippen molar-refractivity contribution in [2.45, 2.75) is 38.2 Å². The molecule has 0 heterocycles. The monoisotopic (exact) mass is 299 g/mol. The summed E-state index contributed by atoms with van der Waals surface area (Å²) in [5, 5.41) is 21.7. The molecular formula is C15H19F2NO3. The third-order valence-corrected chi connectivity index (χ3v) is 3.95. The normalized spacial score (nSPS) is 25.6. The van der Waals surface area contributed by atoms with E-state index in [-0.39, 0.29) is 6.54 Å². The van der Waals surface area contributed by atoms with Gasteiger partial charge in [0.2, 0.25) is 0 Å². The number of aliphatic hydroxyl groups is 1. The van der Waals surface area contributed by atoms with Gasteiger partial charge in [-0.05, 0) is 30.9 Å². The first-order valence-corrected chi connectivity index (χ1v) is 6.99. The highest BCUT2D eigenvalue weighted by Gasteiger charge is 2.32. The summed E-state index contributed by atoms with van der Waals surface area (Å²) in [6, 6.07) is 1.53. The molecule has 1 aromatic carbocycles. The number of hydrogen-bond donors (Lipinski definition) is 3. The summed E-state index contributed by atoms with van der Waals surface area (Å²) < 4.78 is 27.6. The van der Waals surface area contributed by atoms with Gasteiger partial charge in [0.1, 0.15) is 17.3 Å². The maximum absolute atomic E-state index is 13.8. The number of halogens is 2. The molecule has 2 rings (SSSR count). The maximum Gasteiger partial charge on any atom is 0.335 e. The molecule has 1 aliphatic carbocycles. The number of carbonyl (C=O) groups is 1. The van der Waals surface area contributed by atoms with Crippen LogP contribution in [0.2, 0.25) is 0 Å². The summed E-state index contributed by atoms with van der Waals surface area (Å²) in [6.45, 7) is 2.07. The molecule has 4 nitrogen and oxygen atoms in total. The summed E-state index contributed by atoms with van der Waals surface area (Å²) in [5.41, 5.74) is -1.82. The van der Waals surface area contributed by atoms with Gasteiger partial charge in [-0.25, -0.2) is 13.6 Å². The second-order valence-electron chi connectivity index (χ2n) is 5.90. The van der Waals surface area contributed by atoms with Gasteiger partial charge in [0.05, 0.1) is 11.2 Å². The zero-order valence-corrected chi connectivity index (χ0v) is 11.8. The number of rotatable bonds is 4. The number of carboxylic acids is 1. The zero-order valence-electron chi connectivity index (χ0n) is 11.8. The predicted octanol–water partition coefficient (Wildman–Crippen LogP) is 3.02. The molecule has 21 heavy (non-hydrogen) atoms. The summed E-state index contributed by atoms with van der Waals surface area (Å²) >= 11 is 0. The molecular weight excluding hydrogens is 280 g/mol. The molecule has 0 spiro atoms. The fourth-order valence-corrected chi connectivity index (χ4v) is 2.91. The average Bonchev–Trinajstić information content (AvgIpc) is 2.36. The third-order valence-electron chi connectivity index (χ3n) is 3.95. The van der Waals surface area contributed by atoms with E-state index in [4.69, 9.17) is 5.11 Å². The molecule has 0 amide bonds. The molecule has 0 radical (unpaired) electrons. The Kier molecular flexibility index (Phi) is 4.46. The molecule has 116 valence electrons. The van der Waals surface area contributed by atoms with E-state index in [2.05, 4.69) is 5.32 Å². The minimum atomic E-state index is -1.39. The van der Waals surface area contributed by atoms with E-state index < -0.39 is 34.5 Å². The van der Waals surface area contributed by atoms with Gasteiger partial charge in [0.25, 0.3) is 0 Å². The van der Waals surface area contributed by atoms with Crippen LogP contribution in [0.25, 0.3) is 0 Å². The molecule has 0 aliphatic heterocycles. The molecule has 0 aromatic heterocycles. The Morgan fingerprint density at radius 3 is 2.57 bits per heavy atom. The topological polar surface area (TPSA) is 69.6 Å². The number of anilines is 1. The second-order valence-corrected chi connectivity index (χ2v) is 5.90. The van der Waals surface area contributed by atoms with Gasteiger partial charge in [-0.1, -0.05) is 19.8 Å². The van der Waals surface area contributed by atoms with E-state index in [0.717, 1.165) is 25.0 Å². The van der Waals surface area contributed by atoms with Gasteiger partial charge in [-0.15, -0.1) is 0 Å². The van der Waals surface area contributed by atoms with Gasteiger partial charge in [0.15, 0.2) is 0 Å². The van der Waals surface area contributed by atoms with Crippen molar-refractivity contribution < 1.29 is 23.8 Å². The number of benzene rings is 1. The first-order chi connectivity index (χ1) is 9.81. The molecule has 3 N–H and O–H groups in total. The number of carboxylic acid groups (broad SMARTS) is 1. The summed E-state index contributed by atoms with van der Waals surface area (Å²) in [5.74, 6) is -2.96. The molecule has 2 unspecified atom stereocenters. The van der Waals surface area contributed by atoms with Crippen molar-refractivity contribution in [1.82, 2.24) is 0 Å². The number of aromatic carboxylic acids is 1. The highest BCUT2D eigenvalue weighted by molar-refractivity contribution is 5.88. The van der Waals surface area contributed by atoms with Gasteiger partial charge < -0.3 is 15.5 Å². The Hall–Kier alpha value is -1.69. The predicted molar refractivity (Wildman–Crippen MR) is 74.4 cm³/mol. The average molecular weight is 299 g/mol. The van der Waals surface area contributed by atoms with Crippen LogP contribution in [0.1, 0.15) is 43.0 Å². The summed E-state index contributed by atoms with van der Waals surface area (Å²) in [7, 11) is 0. The van der Waals surface area contributed by atoms with Crippen LogP contribution >= 0.6 is 0 Å². The van der Waals surface area contributed by atoms with E-state index in [9.17, 15) is 18.7 Å². The highest BCUT2D eigenvalue weighted by atomic mass is 19.1. The van der Waals surface area contributed by atoms with E-state index in [1.54, 1.807) is 0 Å². The molecule has 1 saturated carbocycles. The Bertz CT molecular complexity index is 527. The summed E-state index contributed by atoms with van der Waals surface area (Å²) in [6.07, 6.45) is 3.08. The molecule has 2 atom stereocenters. The maximum atomic E-state index is 13.8. The van der Waals surface area contributed by atoms with Gasteiger partial charge in [-0.2, -0.15) is 0 Å². The van der Waals surface area contributed by atoms with Gasteiger partial charge >= 0.3 is 5.97 Å². The summed E-state index contributed by atoms with van der Waals surface area (Å²) in [4.78, 5) is 10.7. The van der Waals surface area contributed by atoms with E-state index in [0.29, 0.717) is 18.8 Å². The van der Waals surface area contributed by atoms with Crippen LogP contribution in [0, 0.1) is 17.6 Å². The van der Waals surface area contributed by atoms with Crippen molar-refractivity contribution in [3.8, 4) is 0 Å². The molecule has 1 aromatic rings. The van der Waals surface area contributed by atoms with Crippen LogP contribution in [-0.4, -0.2) is 28.3 Å². The Morgan fingerprint density at radius 2 is 2.05 bits per heavy atom. The first kappa shape index (κ1) is 15.7. The second kappa shape index (κ2) is 5.97. The lowest BCUT2D eigenvalue weighted by Gasteiger charge is -2.36. The van der Waals surface area contributed by atoms with Crippen LogP contribution in [0.3, 0.4) is 0 Å². The van der Waals surface area contributed by atoms with Crippen LogP contribution < -0.4 is 5.32 Å². The van der Waals surface area contributed by atoms with E-state index in [1.165, 1.54) is 0 Å². The van der Waals surface area contributed by atoms with Crippen molar-refractivity contribution in [2.24, 2.45) is 5.92 Å². The number of hydrogen-bond acceptors (Lipinski definition) is 3. The quantitative estimate of drug-likeness (QED) is 0.799. The number of nitrogens with one attached hydrogen (secondary N) is 1. The largest absolute Gasteiger partial charge is 0.478 e. The lowest BCUT2D eigenvalue weighted by Crippen LogP contribution is -2.41. The van der Waals surface area contributed by atoms with E-state index >= 15 is 0 Å². The molecule has 0 bridgehead atoms. The highest BCUT2D eigenvalue weighted by Crippen LogP contribution is 2.33. The van der Waals surface area contributed by atoms with Gasteiger partial charge in [-0.3, -0.25) is 0 Å². The first-order valence-electron chi connectivity index (χ1n) is 6.99. The van der Waals surface area contributed by atoms with Crippen molar-refractivity contribution in [2.75, 3.05) is 11.9 Å². The SMILES string of the molecule is CC1CCCC(O)(CNc2c(F)cc(C(=O)O)cc2F)C1. The molecule has 0 saturated heterocycles. The lowest BCUT2D eigenvalue weighted by molar-refractivity contribution is -0.000858. The zero-order chi connectivity index (χ0) is 15.6. The van der Waals surface area contributed by atoms with Crippen LogP contribution in [0.15, 0.2) is 12.1 Å². The van der Waals surface area contributed by atoms with Gasteiger partial charge in [0, 0.05) is 6.54 Å². The Labute approximate surface area is 121 Å². The van der Waals surface area contributed by atoms with E-state index in [1.807, 2.05) is 6.92 Å². The van der Waals surface area contributed by atoms with Crippen molar-refractivity contribution in [3.05, 3.63) is 29.3 Å². The molecule has 1 fully saturated rings. The van der Waals surface area contributed by atoms with Crippen LogP contribution in [0.4, 0.5) is 14.5 Å². The molecule has 1 aliphatic rings. The Morgan fingerprint density at radius 1 is 1.43 bits per heavy atom. The minimum Gasteiger partial charge on any atom is -0.478 e. The third kappa shape index (κ3) is 3.69. The fraction of sp³-hybridized carbons (Fsp3) is 0.533. The van der Waals surface area contributed by atoms with Crippen molar-refractivity contribution >= 4 is 11.7 Å².